The van der Waals surface area contributed by atoms with Gasteiger partial charge in [0.25, 0.3) is 0 Å². The molecular weight excluding hydrogens is 203 g/mol. The van der Waals surface area contributed by atoms with Gasteiger partial charge < -0.3 is 0 Å². The molecule has 14 heavy (non-hydrogen) atoms. The van der Waals surface area contributed by atoms with Crippen LogP contribution in [0.25, 0.3) is 0 Å². The van der Waals surface area contributed by atoms with Crippen molar-refractivity contribution >= 4 is 9.84 Å². The fourth-order valence-electron chi connectivity index (χ4n) is 0.689. The molecule has 0 unspecified atom stereocenters. The lowest BCUT2D eigenvalue weighted by Crippen LogP contribution is -2.01. The summed E-state index contributed by atoms with van der Waals surface area (Å²) in [7, 11) is -3.40. The van der Waals surface area contributed by atoms with Crippen LogP contribution in [0, 0.1) is 0 Å². The average Bonchev–Trinajstić information content (AvgIpc) is 2.01. The second kappa shape index (κ2) is 6.54. The maximum absolute atomic E-state index is 12.3. The number of hydrogen-bond acceptors (Lipinski definition) is 2. The first kappa shape index (κ1) is 15.6. The third-order valence-corrected chi connectivity index (χ3v) is 2.37. The second-order valence-corrected chi connectivity index (χ2v) is 4.49. The Hall–Kier alpha value is -0.900. The van der Waals surface area contributed by atoms with Crippen molar-refractivity contribution in [3.63, 3.8) is 0 Å². The summed E-state index contributed by atoms with van der Waals surface area (Å²) in [6, 6.07) is 0. The first-order valence-corrected chi connectivity index (χ1v) is 6.06. The normalized spacial score (nSPS) is 11.4. The van der Waals surface area contributed by atoms with Gasteiger partial charge in [-0.15, -0.1) is 0 Å². The summed E-state index contributed by atoms with van der Waals surface area (Å²) in [4.78, 5) is -0.116. The van der Waals surface area contributed by atoms with Crippen LogP contribution in [0.4, 0.5) is 4.39 Å². The van der Waals surface area contributed by atoms with Crippen molar-refractivity contribution in [2.24, 2.45) is 0 Å². The van der Waals surface area contributed by atoms with Crippen molar-refractivity contribution in [2.75, 3.05) is 6.26 Å². The van der Waals surface area contributed by atoms with E-state index < -0.39 is 15.7 Å². The monoisotopic (exact) mass is 220 g/mol. The molecule has 82 valence electrons. The van der Waals surface area contributed by atoms with Crippen molar-refractivity contribution in [3.05, 3.63) is 35.5 Å². The van der Waals surface area contributed by atoms with Crippen molar-refractivity contribution < 1.29 is 12.8 Å². The molecule has 0 radical (unpaired) electrons. The van der Waals surface area contributed by atoms with Gasteiger partial charge in [-0.25, -0.2) is 12.8 Å². The highest BCUT2D eigenvalue weighted by molar-refractivity contribution is 7.94. The molecular formula is C10H17FO2S. The Morgan fingerprint density at radius 1 is 1.29 bits per heavy atom. The van der Waals surface area contributed by atoms with Crippen LogP contribution < -0.4 is 0 Å². The van der Waals surface area contributed by atoms with Gasteiger partial charge in [0.15, 0.2) is 9.84 Å². The van der Waals surface area contributed by atoms with E-state index in [0.29, 0.717) is 5.57 Å². The molecule has 0 N–H and O–H groups in total. The average molecular weight is 220 g/mol. The predicted octanol–water partition coefficient (Wildman–Crippen LogP) is 3.00. The van der Waals surface area contributed by atoms with E-state index in [2.05, 4.69) is 13.2 Å². The van der Waals surface area contributed by atoms with Gasteiger partial charge in [-0.2, -0.15) is 0 Å². The zero-order valence-electron chi connectivity index (χ0n) is 9.09. The number of halogens is 1. The topological polar surface area (TPSA) is 34.1 Å². The fraction of sp³-hybridized carbons (Fsp3) is 0.400. The molecule has 0 aliphatic carbocycles. The Kier molecular flexibility index (Phi) is 7.27. The predicted molar refractivity (Wildman–Crippen MR) is 59.3 cm³/mol. The van der Waals surface area contributed by atoms with Gasteiger partial charge in [-0.3, -0.25) is 0 Å². The molecule has 0 saturated carbocycles. The minimum Gasteiger partial charge on any atom is -0.224 e. The summed E-state index contributed by atoms with van der Waals surface area (Å²) >= 11 is 0. The lowest BCUT2D eigenvalue weighted by molar-refractivity contribution is 0.607. The van der Waals surface area contributed by atoms with Gasteiger partial charge in [-0.1, -0.05) is 27.0 Å². The van der Waals surface area contributed by atoms with Crippen molar-refractivity contribution in [1.29, 1.82) is 0 Å². The number of rotatable bonds is 3. The molecule has 0 aliphatic rings. The Labute approximate surface area is 85.8 Å². The van der Waals surface area contributed by atoms with Crippen LogP contribution in [-0.2, 0) is 9.84 Å². The molecule has 0 saturated heterocycles. The van der Waals surface area contributed by atoms with E-state index in [1.54, 1.807) is 0 Å². The van der Waals surface area contributed by atoms with Crippen molar-refractivity contribution in [2.45, 2.75) is 20.8 Å². The van der Waals surface area contributed by atoms with Gasteiger partial charge in [0.1, 0.15) is 5.83 Å². The molecule has 0 aromatic rings. The van der Waals surface area contributed by atoms with Crippen molar-refractivity contribution in [3.8, 4) is 0 Å². The zero-order valence-corrected chi connectivity index (χ0v) is 9.91. The Morgan fingerprint density at radius 3 is 1.71 bits per heavy atom. The summed E-state index contributed by atoms with van der Waals surface area (Å²) in [6.45, 7) is 11.9. The minimum atomic E-state index is -3.40. The van der Waals surface area contributed by atoms with E-state index in [1.165, 1.54) is 6.92 Å². The maximum atomic E-state index is 12.3. The van der Waals surface area contributed by atoms with Crippen LogP contribution in [0.5, 0.6) is 0 Å². The summed E-state index contributed by atoms with van der Waals surface area (Å²) in [5.41, 5.74) is 0.302. The Morgan fingerprint density at radius 2 is 1.64 bits per heavy atom. The highest BCUT2D eigenvalue weighted by Crippen LogP contribution is 2.16. The molecule has 2 nitrogen and oxygen atoms in total. The molecule has 0 amide bonds. The van der Waals surface area contributed by atoms with Gasteiger partial charge in [-0.05, 0) is 18.6 Å². The van der Waals surface area contributed by atoms with E-state index in [-0.39, 0.29) is 4.91 Å². The molecule has 0 aromatic heterocycles. The van der Waals surface area contributed by atoms with Gasteiger partial charge in [0.05, 0.1) is 4.91 Å². The fourth-order valence-corrected chi connectivity index (χ4v) is 1.66. The summed E-state index contributed by atoms with van der Waals surface area (Å²) in [5.74, 6) is -0.793. The maximum Gasteiger partial charge on any atom is 0.175 e. The van der Waals surface area contributed by atoms with Crippen LogP contribution in [-0.4, -0.2) is 14.7 Å². The molecule has 0 bridgehead atoms. The van der Waals surface area contributed by atoms with Gasteiger partial charge in [0.2, 0.25) is 0 Å². The van der Waals surface area contributed by atoms with E-state index in [0.717, 1.165) is 12.3 Å². The van der Waals surface area contributed by atoms with Crippen molar-refractivity contribution in [1.82, 2.24) is 0 Å². The minimum absolute atomic E-state index is 0.116. The molecule has 0 aliphatic heterocycles. The summed E-state index contributed by atoms with van der Waals surface area (Å²) in [6.07, 6.45) is 1.86. The van der Waals surface area contributed by atoms with Gasteiger partial charge in [0, 0.05) is 6.26 Å². The van der Waals surface area contributed by atoms with E-state index in [9.17, 15) is 12.8 Å². The third-order valence-electron chi connectivity index (χ3n) is 1.11. The summed E-state index contributed by atoms with van der Waals surface area (Å²) in [5, 5.41) is 0. The SMILES string of the molecule is C=C(F)/C=C(\C(=C)C)S(C)(=O)=O.CC. The zero-order chi connectivity index (χ0) is 11.9. The molecule has 0 atom stereocenters. The standard InChI is InChI=1S/C8H11FO2S.C2H6/c1-6(2)8(5-7(3)9)12(4,10)11;1-2/h5H,1,3H2,2,4H3;1-2H3/b8-5+;. The molecule has 4 heteroatoms. The van der Waals surface area contributed by atoms with Crippen LogP contribution >= 0.6 is 0 Å². The summed E-state index contributed by atoms with van der Waals surface area (Å²) < 4.78 is 34.2. The van der Waals surface area contributed by atoms with E-state index in [1.807, 2.05) is 13.8 Å². The van der Waals surface area contributed by atoms with E-state index >= 15 is 0 Å². The lowest BCUT2D eigenvalue weighted by atomic mass is 10.3. The quantitative estimate of drug-likeness (QED) is 0.685. The van der Waals surface area contributed by atoms with Crippen LogP contribution in [0.3, 0.4) is 0 Å². The van der Waals surface area contributed by atoms with Crippen LogP contribution in [0.1, 0.15) is 20.8 Å². The largest absolute Gasteiger partial charge is 0.224 e. The second-order valence-electron chi connectivity index (χ2n) is 2.51. The highest BCUT2D eigenvalue weighted by atomic mass is 32.2. The molecule has 0 rings (SSSR count). The van der Waals surface area contributed by atoms with Crippen LogP contribution in [0.2, 0.25) is 0 Å². The van der Waals surface area contributed by atoms with Crippen LogP contribution in [0.15, 0.2) is 35.5 Å². The molecule has 0 aromatic carbocycles. The van der Waals surface area contributed by atoms with E-state index in [4.69, 9.17) is 0 Å². The number of hydrogen-bond donors (Lipinski definition) is 0. The number of sulfone groups is 1. The third kappa shape index (κ3) is 6.60. The first-order chi connectivity index (χ1) is 6.25. The smallest absolute Gasteiger partial charge is 0.175 e. The number of allylic oxidation sites excluding steroid dienone is 3. The Balaban J connectivity index is 0. The Bertz CT molecular complexity index is 337. The molecule has 0 spiro atoms. The highest BCUT2D eigenvalue weighted by Gasteiger charge is 2.11. The first-order valence-electron chi connectivity index (χ1n) is 4.17. The molecule has 0 fully saturated rings. The lowest BCUT2D eigenvalue weighted by Gasteiger charge is -2.02. The molecule has 0 heterocycles. The van der Waals surface area contributed by atoms with Gasteiger partial charge >= 0.3 is 0 Å².